The molecule has 18 heteroatoms. The summed E-state index contributed by atoms with van der Waals surface area (Å²) in [5, 5.41) is 15.6. The van der Waals surface area contributed by atoms with Crippen LogP contribution in [0.15, 0.2) is 75.8 Å². The summed E-state index contributed by atoms with van der Waals surface area (Å²) in [6, 6.07) is 15.7. The zero-order chi connectivity index (χ0) is 45.1. The Labute approximate surface area is 396 Å². The molecule has 0 bridgehead atoms. The standard InChI is InChI=1S/C27H28ClFN6O3.C18H15ClFNO3.Y/c1-26(2,3)16-11-19(15-6-7-17(28)18(29)10-15)32-20-12-21(38-22(16)20)24(36)35-9-8-34(13-27(35,4)5)25(37)23-30-14-31-33-23;1-18(2,3)10-7-13(9-4-5-11(19)12(20)6-9)21-14-8-15(17(22)23)24-16(10)14;/h6-7,10-12,14H,8-9,13H2,1-5H3,(H,30,31,33);4-8H,1-3H3,(H,22,23);. The van der Waals surface area contributed by atoms with E-state index < -0.39 is 23.1 Å². The second kappa shape index (κ2) is 17.8. The Morgan fingerprint density at radius 2 is 1.24 bits per heavy atom. The van der Waals surface area contributed by atoms with Crippen molar-refractivity contribution in [2.24, 2.45) is 0 Å². The van der Waals surface area contributed by atoms with E-state index in [0.29, 0.717) is 64.3 Å². The van der Waals surface area contributed by atoms with E-state index in [-0.39, 0.29) is 82.7 Å². The van der Waals surface area contributed by atoms with Crippen LogP contribution in [0.3, 0.4) is 0 Å². The molecule has 1 fully saturated rings. The van der Waals surface area contributed by atoms with E-state index in [9.17, 15) is 23.2 Å². The minimum absolute atomic E-state index is 0. The fraction of sp³-hybridized carbons (Fsp3) is 0.311. The maximum Gasteiger partial charge on any atom is 0.371 e. The Hall–Kier alpha value is -5.09. The molecular formula is C45H43Cl2F2N7O6Y. The van der Waals surface area contributed by atoms with Gasteiger partial charge in [-0.3, -0.25) is 14.7 Å². The number of hydrogen-bond acceptors (Lipinski definition) is 9. The molecule has 0 unspecified atom stereocenters. The first-order valence-corrected chi connectivity index (χ1v) is 20.3. The number of furan rings is 2. The normalized spacial score (nSPS) is 14.0. The van der Waals surface area contributed by atoms with Gasteiger partial charge in [0.15, 0.2) is 16.9 Å². The van der Waals surface area contributed by atoms with Crippen molar-refractivity contribution in [1.82, 2.24) is 34.9 Å². The van der Waals surface area contributed by atoms with Crippen molar-refractivity contribution in [3.05, 3.63) is 117 Å². The summed E-state index contributed by atoms with van der Waals surface area (Å²) in [6.07, 6.45) is 1.29. The smallest absolute Gasteiger partial charge is 0.371 e. The quantitative estimate of drug-likeness (QED) is 0.169. The Kier molecular flexibility index (Phi) is 13.4. The van der Waals surface area contributed by atoms with Gasteiger partial charge in [0.05, 0.1) is 27.0 Å². The van der Waals surface area contributed by atoms with Crippen LogP contribution in [0, 0.1) is 11.6 Å². The average Bonchev–Trinajstić information content (AvgIpc) is 3.98. The number of hydrogen-bond donors (Lipinski definition) is 2. The molecule has 0 atom stereocenters. The van der Waals surface area contributed by atoms with Crippen LogP contribution in [0.25, 0.3) is 44.7 Å². The summed E-state index contributed by atoms with van der Waals surface area (Å²) in [7, 11) is 0. The maximum atomic E-state index is 14.2. The largest absolute Gasteiger partial charge is 0.475 e. The fourth-order valence-electron chi connectivity index (χ4n) is 7.27. The van der Waals surface area contributed by atoms with Gasteiger partial charge in [0.25, 0.3) is 11.8 Å². The van der Waals surface area contributed by atoms with Gasteiger partial charge in [-0.25, -0.2) is 28.5 Å². The van der Waals surface area contributed by atoms with Crippen LogP contribution in [0.2, 0.25) is 10.0 Å². The third kappa shape index (κ3) is 9.86. The number of amides is 2. The number of carbonyl (C=O) groups excluding carboxylic acids is 2. The fourth-order valence-corrected chi connectivity index (χ4v) is 7.51. The van der Waals surface area contributed by atoms with Gasteiger partial charge in [-0.15, -0.1) is 0 Å². The number of piperazine rings is 1. The molecule has 8 rings (SSSR count). The summed E-state index contributed by atoms with van der Waals surface area (Å²) in [4.78, 5) is 54.1. The molecule has 1 radical (unpaired) electrons. The number of aromatic amines is 1. The summed E-state index contributed by atoms with van der Waals surface area (Å²) in [5.74, 6) is -2.65. The third-order valence-corrected chi connectivity index (χ3v) is 11.1. The van der Waals surface area contributed by atoms with Crippen molar-refractivity contribution in [3.63, 3.8) is 0 Å². The van der Waals surface area contributed by atoms with E-state index in [1.807, 2.05) is 61.5 Å². The summed E-state index contributed by atoms with van der Waals surface area (Å²) in [5.41, 5.74) is 4.39. The number of benzene rings is 2. The first-order valence-electron chi connectivity index (χ1n) is 19.5. The Balaban J connectivity index is 0.000000228. The van der Waals surface area contributed by atoms with Crippen LogP contribution in [0.4, 0.5) is 8.78 Å². The van der Waals surface area contributed by atoms with Gasteiger partial charge < -0.3 is 23.7 Å². The Morgan fingerprint density at radius 1 is 0.746 bits per heavy atom. The topological polar surface area (TPSA) is 172 Å². The minimum Gasteiger partial charge on any atom is -0.475 e. The van der Waals surface area contributed by atoms with E-state index >= 15 is 0 Å². The maximum absolute atomic E-state index is 14.2. The predicted molar refractivity (Wildman–Crippen MR) is 231 cm³/mol. The van der Waals surface area contributed by atoms with Crippen LogP contribution < -0.4 is 0 Å². The molecule has 1 saturated heterocycles. The van der Waals surface area contributed by atoms with Gasteiger partial charge in [0.1, 0.15) is 29.0 Å². The van der Waals surface area contributed by atoms with Gasteiger partial charge >= 0.3 is 5.97 Å². The first-order chi connectivity index (χ1) is 29.0. The molecule has 13 nitrogen and oxygen atoms in total. The number of fused-ring (bicyclic) bond motifs is 2. The number of nitrogens with one attached hydrogen (secondary N) is 1. The summed E-state index contributed by atoms with van der Waals surface area (Å²) in [6.45, 7) is 16.8. The van der Waals surface area contributed by atoms with Gasteiger partial charge in [-0.05, 0) is 61.1 Å². The van der Waals surface area contributed by atoms with Gasteiger partial charge in [-0.2, -0.15) is 5.10 Å². The molecule has 0 spiro atoms. The predicted octanol–water partition coefficient (Wildman–Crippen LogP) is 10.4. The number of pyridine rings is 2. The zero-order valence-electron chi connectivity index (χ0n) is 35.7. The van der Waals surface area contributed by atoms with Gasteiger partial charge in [-0.1, -0.05) is 76.9 Å². The van der Waals surface area contributed by atoms with Crippen molar-refractivity contribution < 1.29 is 69.8 Å². The number of carboxylic acids is 1. The molecule has 1 aliphatic heterocycles. The second-order valence-corrected chi connectivity index (χ2v) is 18.5. The molecule has 2 aromatic carbocycles. The monoisotopic (exact) mass is 974 g/mol. The van der Waals surface area contributed by atoms with E-state index in [2.05, 4.69) is 20.2 Å². The number of carboxylic acid groups (broad SMARTS) is 1. The van der Waals surface area contributed by atoms with Crippen molar-refractivity contribution in [2.75, 3.05) is 19.6 Å². The number of halogens is 4. The van der Waals surface area contributed by atoms with Crippen molar-refractivity contribution in [3.8, 4) is 22.5 Å². The number of nitrogens with zero attached hydrogens (tertiary/aromatic N) is 6. The van der Waals surface area contributed by atoms with Crippen molar-refractivity contribution >= 4 is 63.2 Å². The van der Waals surface area contributed by atoms with Crippen LogP contribution in [-0.2, 0) is 43.5 Å². The number of carbonyl (C=O) groups is 3. The Morgan fingerprint density at radius 3 is 1.67 bits per heavy atom. The Bertz CT molecular complexity index is 2890. The van der Waals surface area contributed by atoms with Gasteiger partial charge in [0, 0.05) is 86.7 Å². The van der Waals surface area contributed by atoms with Crippen LogP contribution in [-0.4, -0.2) is 83.0 Å². The van der Waals surface area contributed by atoms with Crippen LogP contribution in [0.5, 0.6) is 0 Å². The van der Waals surface area contributed by atoms with E-state index in [4.69, 9.17) is 42.1 Å². The molecule has 63 heavy (non-hydrogen) atoms. The molecule has 6 heterocycles. The third-order valence-electron chi connectivity index (χ3n) is 10.5. The molecule has 2 amide bonds. The summed E-state index contributed by atoms with van der Waals surface area (Å²) >= 11 is 11.6. The SMILES string of the molecule is CC(C)(C)c1cc(-c2ccc(Cl)c(F)c2)nc2cc(C(=O)N3CCN(C(=O)c4ncn[nH]4)CC3(C)C)oc12.CC(C)(C)c1cc(-c2ccc(Cl)c(F)c2)nc2cc(C(=O)O)oc12.[Y]. The second-order valence-electron chi connectivity index (χ2n) is 17.7. The van der Waals surface area contributed by atoms with E-state index in [0.717, 1.165) is 11.1 Å². The number of rotatable bonds is 5. The first kappa shape index (κ1) is 47.4. The van der Waals surface area contributed by atoms with E-state index in [1.165, 1.54) is 36.7 Å². The molecule has 5 aromatic heterocycles. The van der Waals surface area contributed by atoms with Crippen molar-refractivity contribution in [2.45, 2.75) is 71.8 Å². The molecule has 325 valence electrons. The molecule has 0 aliphatic carbocycles. The minimum atomic E-state index is -1.16. The molecule has 2 N–H and O–H groups in total. The summed E-state index contributed by atoms with van der Waals surface area (Å²) < 4.78 is 39.6. The number of aromatic carboxylic acids is 1. The van der Waals surface area contributed by atoms with Crippen LogP contribution >= 0.6 is 23.2 Å². The number of H-pyrrole nitrogens is 1. The molecule has 1 aliphatic rings. The van der Waals surface area contributed by atoms with E-state index in [1.54, 1.807) is 34.1 Å². The average molecular weight is 976 g/mol. The van der Waals surface area contributed by atoms with Crippen LogP contribution in [0.1, 0.15) is 98.2 Å². The zero-order valence-corrected chi connectivity index (χ0v) is 40.1. The molecule has 7 aromatic rings. The molecular weight excluding hydrogens is 932 g/mol. The molecule has 0 saturated carbocycles. The van der Waals surface area contributed by atoms with Gasteiger partial charge in [0.2, 0.25) is 11.6 Å². The number of aromatic nitrogens is 5. The van der Waals surface area contributed by atoms with Crippen molar-refractivity contribution in [1.29, 1.82) is 0 Å².